The fourth-order valence-electron chi connectivity index (χ4n) is 2.83. The van der Waals surface area contributed by atoms with Gasteiger partial charge in [-0.05, 0) is 55.2 Å². The molecule has 0 saturated carbocycles. The van der Waals surface area contributed by atoms with E-state index in [2.05, 4.69) is 26.8 Å². The van der Waals surface area contributed by atoms with Gasteiger partial charge < -0.3 is 0 Å². The van der Waals surface area contributed by atoms with E-state index in [1.165, 1.54) is 0 Å². The second kappa shape index (κ2) is 9.31. The van der Waals surface area contributed by atoms with Gasteiger partial charge in [-0.3, -0.25) is 4.55 Å². The van der Waals surface area contributed by atoms with Crippen molar-refractivity contribution in [2.24, 2.45) is 0 Å². The van der Waals surface area contributed by atoms with Gasteiger partial charge in [-0.15, -0.1) is 0 Å². The van der Waals surface area contributed by atoms with Crippen molar-refractivity contribution in [1.29, 1.82) is 0 Å². The average molecular weight is 327 g/mol. The lowest BCUT2D eigenvalue weighted by Crippen LogP contribution is -2.11. The molecule has 0 aromatic heterocycles. The summed E-state index contributed by atoms with van der Waals surface area (Å²) in [5.41, 5.74) is 2.71. The Labute approximate surface area is 135 Å². The molecular weight excluding hydrogens is 296 g/mol. The minimum absolute atomic E-state index is 0.197. The van der Waals surface area contributed by atoms with Crippen molar-refractivity contribution >= 4 is 10.1 Å². The van der Waals surface area contributed by atoms with Gasteiger partial charge in [-0.25, -0.2) is 0 Å². The molecule has 0 aliphatic carbocycles. The van der Waals surface area contributed by atoms with E-state index in [0.29, 0.717) is 6.42 Å². The van der Waals surface area contributed by atoms with Crippen molar-refractivity contribution in [2.45, 2.75) is 83.5 Å². The second-order valence-electron chi connectivity index (χ2n) is 5.98. The Kier molecular flexibility index (Phi) is 8.12. The first kappa shape index (κ1) is 19.2. The van der Waals surface area contributed by atoms with Crippen molar-refractivity contribution in [3.63, 3.8) is 0 Å². The van der Waals surface area contributed by atoms with Crippen LogP contribution >= 0.6 is 0 Å². The first-order chi connectivity index (χ1) is 10.5. The molecule has 1 N–H and O–H groups in total. The molecule has 0 fully saturated rings. The summed E-state index contributed by atoms with van der Waals surface area (Å²) in [7, 11) is -4.17. The fraction of sp³-hybridized carbons (Fsp3) is 0.667. The van der Waals surface area contributed by atoms with Gasteiger partial charge in [-0.1, -0.05) is 52.2 Å². The van der Waals surface area contributed by atoms with Crippen LogP contribution in [0.2, 0.25) is 0 Å². The Bertz CT molecular complexity index is 562. The van der Waals surface area contributed by atoms with Crippen LogP contribution in [0.15, 0.2) is 17.0 Å². The largest absolute Gasteiger partial charge is 0.295 e. The predicted molar refractivity (Wildman–Crippen MR) is 92.1 cm³/mol. The van der Waals surface area contributed by atoms with Gasteiger partial charge in [0, 0.05) is 0 Å². The van der Waals surface area contributed by atoms with Gasteiger partial charge >= 0.3 is 0 Å². The third-order valence-corrected chi connectivity index (χ3v) is 5.10. The van der Waals surface area contributed by atoms with E-state index in [1.807, 2.05) is 6.07 Å². The molecule has 0 spiro atoms. The van der Waals surface area contributed by atoms with Gasteiger partial charge in [0.2, 0.25) is 0 Å². The van der Waals surface area contributed by atoms with Gasteiger partial charge in [-0.2, -0.15) is 8.42 Å². The van der Waals surface area contributed by atoms with E-state index in [0.717, 1.165) is 68.1 Å². The normalized spacial score (nSPS) is 11.8. The molecule has 0 saturated heterocycles. The Morgan fingerprint density at radius 2 is 1.27 bits per heavy atom. The summed E-state index contributed by atoms with van der Waals surface area (Å²) in [4.78, 5) is 0.197. The summed E-state index contributed by atoms with van der Waals surface area (Å²) in [5, 5.41) is 0. The van der Waals surface area contributed by atoms with Crippen LogP contribution in [0.4, 0.5) is 0 Å². The number of benzene rings is 1. The Morgan fingerprint density at radius 1 is 0.818 bits per heavy atom. The van der Waals surface area contributed by atoms with Crippen LogP contribution in [0.3, 0.4) is 0 Å². The second-order valence-corrected chi connectivity index (χ2v) is 7.34. The van der Waals surface area contributed by atoms with Crippen LogP contribution in [0.1, 0.15) is 76.0 Å². The van der Waals surface area contributed by atoms with E-state index in [9.17, 15) is 13.0 Å². The summed E-state index contributed by atoms with van der Waals surface area (Å²) < 4.78 is 33.7. The molecule has 0 aliphatic rings. The van der Waals surface area contributed by atoms with E-state index >= 15 is 0 Å². The van der Waals surface area contributed by atoms with E-state index in [-0.39, 0.29) is 4.90 Å². The lowest BCUT2D eigenvalue weighted by molar-refractivity contribution is 0.480. The van der Waals surface area contributed by atoms with Crippen LogP contribution in [0.5, 0.6) is 0 Å². The standard InChI is InChI=1S/C18H30O3S/c1-4-7-10-15-13-14-16(11-8-5-2)18(22(19,20)21)17(15)12-9-6-3/h13-14H,4-12H2,1-3H3,(H,19,20,21). The fourth-order valence-corrected chi connectivity index (χ4v) is 3.88. The van der Waals surface area contributed by atoms with Crippen molar-refractivity contribution in [2.75, 3.05) is 0 Å². The van der Waals surface area contributed by atoms with Crippen LogP contribution < -0.4 is 0 Å². The van der Waals surface area contributed by atoms with Gasteiger partial charge in [0.05, 0.1) is 0 Å². The third kappa shape index (κ3) is 5.40. The molecule has 3 nitrogen and oxygen atoms in total. The SMILES string of the molecule is CCCCc1ccc(CCCC)c(S(=O)(=O)O)c1CCCC. The van der Waals surface area contributed by atoms with E-state index in [4.69, 9.17) is 0 Å². The van der Waals surface area contributed by atoms with Gasteiger partial charge in [0.1, 0.15) is 4.90 Å². The first-order valence-corrected chi connectivity index (χ1v) is 10.0. The monoisotopic (exact) mass is 326 g/mol. The lowest BCUT2D eigenvalue weighted by Gasteiger charge is -2.17. The summed E-state index contributed by atoms with van der Waals surface area (Å²) >= 11 is 0. The van der Waals surface area contributed by atoms with Crippen molar-refractivity contribution in [3.05, 3.63) is 28.8 Å². The molecule has 1 aromatic carbocycles. The minimum atomic E-state index is -4.17. The predicted octanol–water partition coefficient (Wildman–Crippen LogP) is 4.96. The van der Waals surface area contributed by atoms with Crippen molar-refractivity contribution < 1.29 is 13.0 Å². The summed E-state index contributed by atoms with van der Waals surface area (Å²) in [6, 6.07) is 3.97. The number of aryl methyl sites for hydroxylation is 2. The maximum atomic E-state index is 12.0. The highest BCUT2D eigenvalue weighted by Crippen LogP contribution is 2.28. The smallest absolute Gasteiger partial charge is 0.282 e. The molecule has 1 rings (SSSR count). The van der Waals surface area contributed by atoms with E-state index in [1.54, 1.807) is 0 Å². The zero-order valence-electron chi connectivity index (χ0n) is 14.2. The van der Waals surface area contributed by atoms with Gasteiger partial charge in [0.15, 0.2) is 0 Å². The molecule has 1 aromatic rings. The number of hydrogen-bond acceptors (Lipinski definition) is 2. The van der Waals surface area contributed by atoms with Crippen molar-refractivity contribution in [1.82, 2.24) is 0 Å². The average Bonchev–Trinajstić information content (AvgIpc) is 2.47. The molecule has 22 heavy (non-hydrogen) atoms. The summed E-state index contributed by atoms with van der Waals surface area (Å²) in [6.45, 7) is 6.31. The molecule has 0 atom stereocenters. The highest BCUT2D eigenvalue weighted by Gasteiger charge is 2.22. The topological polar surface area (TPSA) is 54.4 Å². The lowest BCUT2D eigenvalue weighted by atomic mass is 9.94. The first-order valence-electron chi connectivity index (χ1n) is 8.56. The molecule has 0 amide bonds. The highest BCUT2D eigenvalue weighted by atomic mass is 32.2. The number of hydrogen-bond donors (Lipinski definition) is 1. The van der Waals surface area contributed by atoms with Crippen LogP contribution in [-0.4, -0.2) is 13.0 Å². The maximum Gasteiger partial charge on any atom is 0.295 e. The van der Waals surface area contributed by atoms with Crippen LogP contribution in [0, 0.1) is 0 Å². The maximum absolute atomic E-state index is 12.0. The zero-order chi connectivity index (χ0) is 16.6. The molecule has 0 aliphatic heterocycles. The van der Waals surface area contributed by atoms with Crippen molar-refractivity contribution in [3.8, 4) is 0 Å². The van der Waals surface area contributed by atoms with Gasteiger partial charge in [0.25, 0.3) is 10.1 Å². The number of unbranched alkanes of at least 4 members (excludes halogenated alkanes) is 3. The Hall–Kier alpha value is -0.870. The summed E-state index contributed by atoms with van der Waals surface area (Å²) in [5.74, 6) is 0. The zero-order valence-corrected chi connectivity index (χ0v) is 15.0. The van der Waals surface area contributed by atoms with Crippen LogP contribution in [-0.2, 0) is 29.4 Å². The molecule has 0 radical (unpaired) electrons. The minimum Gasteiger partial charge on any atom is -0.282 e. The molecular formula is C18H30O3S. The Balaban J connectivity index is 3.37. The summed E-state index contributed by atoms with van der Waals surface area (Å²) in [6.07, 6.45) is 8.33. The van der Waals surface area contributed by atoms with Crippen LogP contribution in [0.25, 0.3) is 0 Å². The molecule has 0 bridgehead atoms. The molecule has 0 unspecified atom stereocenters. The number of rotatable bonds is 10. The van der Waals surface area contributed by atoms with E-state index < -0.39 is 10.1 Å². The molecule has 126 valence electrons. The highest BCUT2D eigenvalue weighted by molar-refractivity contribution is 7.86. The Morgan fingerprint density at radius 3 is 1.77 bits per heavy atom. The third-order valence-electron chi connectivity index (χ3n) is 4.08. The quantitative estimate of drug-likeness (QED) is 0.618. The molecule has 0 heterocycles. The molecule has 4 heteroatoms.